The molecule has 8 nitrogen and oxygen atoms in total. The van der Waals surface area contributed by atoms with Gasteiger partial charge in [0.25, 0.3) is 0 Å². The molecule has 0 spiro atoms. The summed E-state index contributed by atoms with van der Waals surface area (Å²) in [6.45, 7) is 7.99. The number of nitrogens with zero attached hydrogens (tertiary/aromatic N) is 1. The molecule has 27 heavy (non-hydrogen) atoms. The van der Waals surface area contributed by atoms with Gasteiger partial charge < -0.3 is 30.2 Å². The van der Waals surface area contributed by atoms with Gasteiger partial charge in [-0.05, 0) is 39.3 Å². The van der Waals surface area contributed by atoms with Gasteiger partial charge in [-0.1, -0.05) is 0 Å². The number of hydrogen-bond acceptors (Lipinski definition) is 5. The number of carbonyl (C=O) groups excluding carboxylic acids is 1. The summed E-state index contributed by atoms with van der Waals surface area (Å²) in [4.78, 5) is 15.8. The summed E-state index contributed by atoms with van der Waals surface area (Å²) in [5.74, 6) is 2.13. The lowest BCUT2D eigenvalue weighted by Gasteiger charge is -2.19. The number of amides is 1. The number of benzene rings is 1. The van der Waals surface area contributed by atoms with Gasteiger partial charge in [-0.3, -0.25) is 4.99 Å². The van der Waals surface area contributed by atoms with Crippen molar-refractivity contribution < 1.29 is 19.0 Å². The van der Waals surface area contributed by atoms with Crippen LogP contribution in [0.15, 0.2) is 23.2 Å². The Morgan fingerprint density at radius 3 is 2.56 bits per heavy atom. The maximum absolute atomic E-state index is 11.6. The fraction of sp³-hybridized carbons (Fsp3) is 0.579. The number of ether oxygens (including phenoxy) is 3. The van der Waals surface area contributed by atoms with Crippen LogP contribution in [-0.4, -0.2) is 51.0 Å². The summed E-state index contributed by atoms with van der Waals surface area (Å²) in [5.41, 5.74) is 0.371. The van der Waals surface area contributed by atoms with Crippen molar-refractivity contribution in [3.05, 3.63) is 18.2 Å². The van der Waals surface area contributed by atoms with E-state index in [2.05, 4.69) is 20.9 Å². The molecule has 1 aromatic carbocycles. The topological polar surface area (TPSA) is 93.2 Å². The number of alkyl carbamates (subject to hydrolysis) is 1. The Balaban J connectivity index is 1.73. The molecule has 1 aliphatic rings. The van der Waals surface area contributed by atoms with Gasteiger partial charge in [-0.2, -0.15) is 0 Å². The normalized spacial score (nSPS) is 14.1. The van der Waals surface area contributed by atoms with E-state index in [9.17, 15) is 4.79 Å². The van der Waals surface area contributed by atoms with Gasteiger partial charge in [0.05, 0.1) is 13.2 Å². The average molecular weight is 378 g/mol. The first-order valence-corrected chi connectivity index (χ1v) is 9.21. The van der Waals surface area contributed by atoms with E-state index >= 15 is 0 Å². The van der Waals surface area contributed by atoms with Crippen molar-refractivity contribution in [2.24, 2.45) is 4.99 Å². The second-order valence-corrected chi connectivity index (χ2v) is 7.12. The quantitative estimate of drug-likeness (QED) is 0.414. The molecule has 0 fully saturated rings. The maximum atomic E-state index is 11.6. The fourth-order valence-corrected chi connectivity index (χ4v) is 2.36. The molecule has 0 saturated carbocycles. The summed E-state index contributed by atoms with van der Waals surface area (Å²) in [6.07, 6.45) is 1.20. The zero-order chi connectivity index (χ0) is 19.7. The molecule has 2 rings (SSSR count). The van der Waals surface area contributed by atoms with Gasteiger partial charge in [0.2, 0.25) is 0 Å². The monoisotopic (exact) mass is 378 g/mol. The first-order valence-electron chi connectivity index (χ1n) is 9.21. The molecule has 0 radical (unpaired) electrons. The Bertz CT molecular complexity index is 656. The van der Waals surface area contributed by atoms with Crippen LogP contribution in [-0.2, 0) is 4.74 Å². The van der Waals surface area contributed by atoms with Crippen LogP contribution in [0.1, 0.15) is 33.6 Å². The minimum absolute atomic E-state index is 0.405. The second-order valence-electron chi connectivity index (χ2n) is 7.12. The van der Waals surface area contributed by atoms with Crippen molar-refractivity contribution in [3.63, 3.8) is 0 Å². The third kappa shape index (κ3) is 7.64. The summed E-state index contributed by atoms with van der Waals surface area (Å²) in [7, 11) is 1.71. The third-order valence-electron chi connectivity index (χ3n) is 3.55. The first-order chi connectivity index (χ1) is 12.9. The zero-order valence-corrected chi connectivity index (χ0v) is 16.6. The number of rotatable bonds is 5. The van der Waals surface area contributed by atoms with Gasteiger partial charge in [0.1, 0.15) is 5.60 Å². The summed E-state index contributed by atoms with van der Waals surface area (Å²) >= 11 is 0. The number of carbonyl (C=O) groups is 1. The van der Waals surface area contributed by atoms with Crippen LogP contribution in [0.25, 0.3) is 0 Å². The predicted octanol–water partition coefficient (Wildman–Crippen LogP) is 2.75. The Morgan fingerprint density at radius 2 is 1.85 bits per heavy atom. The molecule has 0 atom stereocenters. The average Bonchev–Trinajstić information content (AvgIpc) is 2.83. The van der Waals surface area contributed by atoms with E-state index in [1.165, 1.54) is 0 Å². The number of nitrogens with one attached hydrogen (secondary N) is 3. The molecule has 3 N–H and O–H groups in total. The van der Waals surface area contributed by atoms with Crippen LogP contribution in [0.3, 0.4) is 0 Å². The molecular formula is C19H30N4O4. The van der Waals surface area contributed by atoms with Gasteiger partial charge >= 0.3 is 6.09 Å². The molecular weight excluding hydrogens is 348 g/mol. The van der Waals surface area contributed by atoms with E-state index in [-0.39, 0.29) is 0 Å². The Morgan fingerprint density at radius 1 is 1.15 bits per heavy atom. The Kier molecular flexibility index (Phi) is 7.57. The molecule has 1 amide bonds. The van der Waals surface area contributed by atoms with Crippen molar-refractivity contribution in [1.29, 1.82) is 0 Å². The zero-order valence-electron chi connectivity index (χ0n) is 16.6. The highest BCUT2D eigenvalue weighted by atomic mass is 16.6. The molecule has 0 unspecified atom stereocenters. The lowest BCUT2D eigenvalue weighted by molar-refractivity contribution is 0.0527. The SMILES string of the molecule is CN=C(NCCCNC(=O)OC(C)(C)C)Nc1ccc2c(c1)OCCCO2. The number of aliphatic imine (C=N–C) groups is 1. The highest BCUT2D eigenvalue weighted by Gasteiger charge is 2.15. The fourth-order valence-electron chi connectivity index (χ4n) is 2.36. The van der Waals surface area contributed by atoms with E-state index in [1.54, 1.807) is 7.05 Å². The minimum Gasteiger partial charge on any atom is -0.490 e. The maximum Gasteiger partial charge on any atom is 0.407 e. The molecule has 1 aliphatic heterocycles. The summed E-state index contributed by atoms with van der Waals surface area (Å²) in [6, 6.07) is 5.71. The van der Waals surface area contributed by atoms with Crippen molar-refractivity contribution in [2.75, 3.05) is 38.7 Å². The molecule has 0 aliphatic carbocycles. The standard InChI is InChI=1S/C19H30N4O4/c1-19(2,3)27-18(24)22-10-5-9-21-17(20-4)23-14-7-8-15-16(13-14)26-12-6-11-25-15/h7-8,13H,5-6,9-12H2,1-4H3,(H,22,24)(H2,20,21,23). The number of anilines is 1. The van der Waals surface area contributed by atoms with Crippen LogP contribution < -0.4 is 25.4 Å². The molecule has 1 aromatic rings. The van der Waals surface area contributed by atoms with E-state index in [0.29, 0.717) is 32.3 Å². The number of guanidine groups is 1. The molecule has 0 aromatic heterocycles. The van der Waals surface area contributed by atoms with Gasteiger partial charge in [-0.15, -0.1) is 0 Å². The lowest BCUT2D eigenvalue weighted by atomic mass is 10.2. The van der Waals surface area contributed by atoms with Gasteiger partial charge in [0.15, 0.2) is 17.5 Å². The highest BCUT2D eigenvalue weighted by molar-refractivity contribution is 5.93. The van der Waals surface area contributed by atoms with Crippen molar-refractivity contribution in [2.45, 2.75) is 39.2 Å². The van der Waals surface area contributed by atoms with Crippen molar-refractivity contribution in [1.82, 2.24) is 10.6 Å². The van der Waals surface area contributed by atoms with Crippen molar-refractivity contribution in [3.8, 4) is 11.5 Å². The third-order valence-corrected chi connectivity index (χ3v) is 3.55. The van der Waals surface area contributed by atoms with E-state index in [0.717, 1.165) is 30.0 Å². The Hall–Kier alpha value is -2.64. The van der Waals surface area contributed by atoms with E-state index < -0.39 is 11.7 Å². The molecule has 0 bridgehead atoms. The summed E-state index contributed by atoms with van der Waals surface area (Å²) < 4.78 is 16.5. The smallest absolute Gasteiger partial charge is 0.407 e. The van der Waals surface area contributed by atoms with Crippen LogP contribution in [0.5, 0.6) is 11.5 Å². The summed E-state index contributed by atoms with van der Waals surface area (Å²) in [5, 5.41) is 9.16. The van der Waals surface area contributed by atoms with Crippen LogP contribution in [0.4, 0.5) is 10.5 Å². The molecule has 0 saturated heterocycles. The molecule has 1 heterocycles. The number of hydrogen-bond donors (Lipinski definition) is 3. The lowest BCUT2D eigenvalue weighted by Crippen LogP contribution is -2.35. The van der Waals surface area contributed by atoms with Crippen LogP contribution in [0, 0.1) is 0 Å². The highest BCUT2D eigenvalue weighted by Crippen LogP contribution is 2.32. The molecule has 150 valence electrons. The van der Waals surface area contributed by atoms with Gasteiger partial charge in [0, 0.05) is 38.3 Å². The van der Waals surface area contributed by atoms with E-state index in [4.69, 9.17) is 14.2 Å². The van der Waals surface area contributed by atoms with E-state index in [1.807, 2.05) is 39.0 Å². The van der Waals surface area contributed by atoms with Crippen LogP contribution in [0.2, 0.25) is 0 Å². The second kappa shape index (κ2) is 9.89. The predicted molar refractivity (Wildman–Crippen MR) is 106 cm³/mol. The van der Waals surface area contributed by atoms with Crippen molar-refractivity contribution >= 4 is 17.7 Å². The largest absolute Gasteiger partial charge is 0.490 e. The van der Waals surface area contributed by atoms with Gasteiger partial charge in [-0.25, -0.2) is 4.79 Å². The minimum atomic E-state index is -0.489. The molecule has 8 heteroatoms. The first kappa shape index (κ1) is 20.7. The number of fused-ring (bicyclic) bond motifs is 1. The van der Waals surface area contributed by atoms with Crippen LogP contribution >= 0.6 is 0 Å². The Labute approximate surface area is 160 Å².